The minimum absolute atomic E-state index is 0. The van der Waals surface area contributed by atoms with Crippen LogP contribution in [0.3, 0.4) is 0 Å². The Kier molecular flexibility index (Phi) is 4.99. The fourth-order valence-corrected chi connectivity index (χ4v) is 0.841. The first-order valence-electron chi connectivity index (χ1n) is 3.41. The van der Waals surface area contributed by atoms with Crippen molar-refractivity contribution in [1.82, 2.24) is 0 Å². The third-order valence-electron chi connectivity index (χ3n) is 1.31. The number of nitrogens with one attached hydrogen (secondary N) is 1. The second-order valence-electron chi connectivity index (χ2n) is 2.15. The van der Waals surface area contributed by atoms with Gasteiger partial charge in [0.1, 0.15) is 0 Å². The van der Waals surface area contributed by atoms with Crippen LogP contribution in [0, 0.1) is 0 Å². The van der Waals surface area contributed by atoms with Gasteiger partial charge in [-0.15, -0.1) is 12.4 Å². The number of hydrogen-bond acceptors (Lipinski definition) is 3. The van der Waals surface area contributed by atoms with Crippen LogP contribution in [0.1, 0.15) is 0 Å². The number of halogens is 1. The molecule has 1 rings (SSSR count). The number of aliphatic imine (C=N–C) groups is 1. The Bertz CT molecular complexity index is 375. The first-order valence-corrected chi connectivity index (χ1v) is 3.41. The van der Waals surface area contributed by atoms with Crippen molar-refractivity contribution in [3.63, 3.8) is 0 Å². The van der Waals surface area contributed by atoms with Gasteiger partial charge < -0.3 is 5.11 Å². The van der Waals surface area contributed by atoms with E-state index in [2.05, 4.69) is 10.3 Å². The summed E-state index contributed by atoms with van der Waals surface area (Å²) in [6.07, 6.45) is 0.139. The van der Waals surface area contributed by atoms with Crippen molar-refractivity contribution in [2.75, 3.05) is 5.32 Å². The van der Waals surface area contributed by atoms with Crippen molar-refractivity contribution in [2.45, 2.75) is 0 Å². The third-order valence-corrected chi connectivity index (χ3v) is 1.31. The SMILES string of the molecule is Cl.O=C=Nc1ccccc1NC(=O)O. The average Bonchev–Trinajstić information content (AvgIpc) is 2.08. The second kappa shape index (κ2) is 5.75. The van der Waals surface area contributed by atoms with Crippen LogP contribution in [-0.2, 0) is 4.79 Å². The monoisotopic (exact) mass is 214 g/mol. The number of rotatable bonds is 2. The van der Waals surface area contributed by atoms with Gasteiger partial charge in [0.05, 0.1) is 11.4 Å². The van der Waals surface area contributed by atoms with Gasteiger partial charge in [-0.1, -0.05) is 12.1 Å². The molecule has 0 atom stereocenters. The predicted molar refractivity (Wildman–Crippen MR) is 53.1 cm³/mol. The summed E-state index contributed by atoms with van der Waals surface area (Å²) >= 11 is 0. The van der Waals surface area contributed by atoms with Crippen molar-refractivity contribution >= 4 is 36.0 Å². The molecule has 1 aromatic carbocycles. The van der Waals surface area contributed by atoms with Crippen molar-refractivity contribution in [2.24, 2.45) is 4.99 Å². The summed E-state index contributed by atoms with van der Waals surface area (Å²) in [5.74, 6) is 0. The standard InChI is InChI=1S/C8H6N2O3.ClH/c11-5-9-6-3-1-2-4-7(6)10-8(12)13;/h1-4,10H,(H,12,13);1H. The van der Waals surface area contributed by atoms with E-state index in [9.17, 15) is 9.59 Å². The lowest BCUT2D eigenvalue weighted by Crippen LogP contribution is -2.06. The lowest BCUT2D eigenvalue weighted by Gasteiger charge is -2.01. The molecule has 0 fully saturated rings. The van der Waals surface area contributed by atoms with Crippen LogP contribution in [0.5, 0.6) is 0 Å². The summed E-state index contributed by atoms with van der Waals surface area (Å²) in [5.41, 5.74) is 0.512. The zero-order valence-corrected chi connectivity index (χ0v) is 7.75. The normalized spacial score (nSPS) is 8.00. The quantitative estimate of drug-likeness (QED) is 0.585. The minimum Gasteiger partial charge on any atom is -0.465 e. The molecule has 0 radical (unpaired) electrons. The number of carbonyl (C=O) groups excluding carboxylic acids is 1. The Hall–Kier alpha value is -1.84. The molecule has 0 aliphatic carbocycles. The summed E-state index contributed by atoms with van der Waals surface area (Å²) in [5, 5.41) is 10.5. The average molecular weight is 215 g/mol. The molecule has 0 saturated carbocycles. The maximum absolute atomic E-state index is 10.3. The van der Waals surface area contributed by atoms with Crippen molar-refractivity contribution in [3.05, 3.63) is 24.3 Å². The van der Waals surface area contributed by atoms with E-state index in [1.54, 1.807) is 12.1 Å². The van der Waals surface area contributed by atoms with Crippen LogP contribution in [0.15, 0.2) is 29.3 Å². The summed E-state index contributed by atoms with van der Waals surface area (Å²) in [6, 6.07) is 6.29. The number of carbonyl (C=O) groups is 1. The van der Waals surface area contributed by atoms with E-state index in [1.807, 2.05) is 0 Å². The molecule has 0 aliphatic rings. The first-order chi connectivity index (χ1) is 6.24. The molecule has 1 aromatic rings. The van der Waals surface area contributed by atoms with E-state index in [4.69, 9.17) is 5.11 Å². The fourth-order valence-electron chi connectivity index (χ4n) is 0.841. The van der Waals surface area contributed by atoms with Crippen LogP contribution in [0.2, 0.25) is 0 Å². The number of amides is 1. The largest absolute Gasteiger partial charge is 0.465 e. The first kappa shape index (κ1) is 12.2. The number of para-hydroxylation sites is 2. The van der Waals surface area contributed by atoms with E-state index < -0.39 is 6.09 Å². The highest BCUT2D eigenvalue weighted by atomic mass is 35.5. The molecule has 14 heavy (non-hydrogen) atoms. The predicted octanol–water partition coefficient (Wildman–Crippen LogP) is 2.17. The van der Waals surface area contributed by atoms with Crippen molar-refractivity contribution in [3.8, 4) is 0 Å². The highest BCUT2D eigenvalue weighted by Crippen LogP contribution is 2.23. The molecule has 0 unspecified atom stereocenters. The maximum atomic E-state index is 10.3. The van der Waals surface area contributed by atoms with E-state index in [-0.39, 0.29) is 23.8 Å². The Labute approximate surface area is 85.9 Å². The van der Waals surface area contributed by atoms with Crippen LogP contribution >= 0.6 is 12.4 Å². The third kappa shape index (κ3) is 3.26. The maximum Gasteiger partial charge on any atom is 0.409 e. The Morgan fingerprint density at radius 2 is 2.07 bits per heavy atom. The zero-order chi connectivity index (χ0) is 9.68. The minimum atomic E-state index is -1.20. The molecular weight excluding hydrogens is 208 g/mol. The smallest absolute Gasteiger partial charge is 0.409 e. The number of carboxylic acid groups (broad SMARTS) is 1. The lowest BCUT2D eigenvalue weighted by atomic mass is 10.3. The summed E-state index contributed by atoms with van der Waals surface area (Å²) in [4.78, 5) is 23.5. The van der Waals surface area contributed by atoms with E-state index in [1.165, 1.54) is 18.2 Å². The molecule has 0 heterocycles. The van der Waals surface area contributed by atoms with Crippen molar-refractivity contribution in [1.29, 1.82) is 0 Å². The number of isocyanates is 1. The summed E-state index contributed by atoms with van der Waals surface area (Å²) < 4.78 is 0. The molecule has 0 aliphatic heterocycles. The molecule has 6 heteroatoms. The second-order valence-corrected chi connectivity index (χ2v) is 2.15. The van der Waals surface area contributed by atoms with Crippen LogP contribution < -0.4 is 5.32 Å². The van der Waals surface area contributed by atoms with Gasteiger partial charge in [0.15, 0.2) is 0 Å². The molecule has 2 N–H and O–H groups in total. The van der Waals surface area contributed by atoms with Gasteiger partial charge in [-0.3, -0.25) is 5.32 Å². The van der Waals surface area contributed by atoms with E-state index >= 15 is 0 Å². The van der Waals surface area contributed by atoms with Crippen molar-refractivity contribution < 1.29 is 14.7 Å². The molecule has 0 aromatic heterocycles. The van der Waals surface area contributed by atoms with E-state index in [0.29, 0.717) is 0 Å². The Morgan fingerprint density at radius 3 is 2.64 bits per heavy atom. The molecule has 0 saturated heterocycles. The molecule has 0 bridgehead atoms. The van der Waals surface area contributed by atoms with Crippen LogP contribution in [-0.4, -0.2) is 17.3 Å². The Balaban J connectivity index is 0.00000169. The van der Waals surface area contributed by atoms with Gasteiger partial charge >= 0.3 is 6.09 Å². The van der Waals surface area contributed by atoms with Crippen LogP contribution in [0.25, 0.3) is 0 Å². The molecule has 5 nitrogen and oxygen atoms in total. The molecule has 1 amide bonds. The molecule has 0 spiro atoms. The van der Waals surface area contributed by atoms with Gasteiger partial charge in [-0.25, -0.2) is 9.59 Å². The number of hydrogen-bond donors (Lipinski definition) is 2. The van der Waals surface area contributed by atoms with Gasteiger partial charge in [0, 0.05) is 0 Å². The zero-order valence-electron chi connectivity index (χ0n) is 6.93. The van der Waals surface area contributed by atoms with Crippen LogP contribution in [0.4, 0.5) is 16.2 Å². The molecular formula is C8H7ClN2O3. The Morgan fingerprint density at radius 1 is 1.43 bits per heavy atom. The van der Waals surface area contributed by atoms with Gasteiger partial charge in [-0.2, -0.15) is 4.99 Å². The van der Waals surface area contributed by atoms with Gasteiger partial charge in [-0.05, 0) is 12.1 Å². The number of benzene rings is 1. The summed E-state index contributed by atoms with van der Waals surface area (Å²) in [7, 11) is 0. The lowest BCUT2D eigenvalue weighted by molar-refractivity contribution is 0.210. The summed E-state index contributed by atoms with van der Waals surface area (Å²) in [6.45, 7) is 0. The number of nitrogens with zero attached hydrogens (tertiary/aromatic N) is 1. The number of anilines is 1. The fraction of sp³-hybridized carbons (Fsp3) is 0. The van der Waals surface area contributed by atoms with E-state index in [0.717, 1.165) is 0 Å². The van der Waals surface area contributed by atoms with Gasteiger partial charge in [0.2, 0.25) is 6.08 Å². The molecule has 74 valence electrons. The highest BCUT2D eigenvalue weighted by molar-refractivity contribution is 5.87. The highest BCUT2D eigenvalue weighted by Gasteiger charge is 2.02. The topological polar surface area (TPSA) is 78.8 Å². The van der Waals surface area contributed by atoms with Gasteiger partial charge in [0.25, 0.3) is 0 Å².